The van der Waals surface area contributed by atoms with E-state index in [1.54, 1.807) is 24.3 Å². The molecule has 2 aromatic carbocycles. The van der Waals surface area contributed by atoms with Gasteiger partial charge in [0.1, 0.15) is 0 Å². The monoisotopic (exact) mass is 504 g/mol. The van der Waals surface area contributed by atoms with Crippen LogP contribution in [0.1, 0.15) is 113 Å². The number of halogens is 4. The summed E-state index contributed by atoms with van der Waals surface area (Å²) < 4.78 is 64.7. The number of unbranched alkanes of at least 4 members (excludes halogenated alkanes) is 1. The van der Waals surface area contributed by atoms with Crippen LogP contribution >= 0.6 is 0 Å². The largest absolute Gasteiger partial charge is 0.490 e. The van der Waals surface area contributed by atoms with Crippen LogP contribution in [0.15, 0.2) is 24.3 Å². The maximum atomic E-state index is 14.9. The molecule has 0 atom stereocenters. The van der Waals surface area contributed by atoms with Crippen LogP contribution in [0, 0.1) is 35.1 Å². The van der Waals surface area contributed by atoms with Crippen molar-refractivity contribution >= 4 is 0 Å². The first kappa shape index (κ1) is 27.0. The molecule has 0 heterocycles. The smallest absolute Gasteiger partial charge is 0.200 e. The van der Waals surface area contributed by atoms with Crippen LogP contribution in [0.3, 0.4) is 0 Å². The Morgan fingerprint density at radius 1 is 0.667 bits per heavy atom. The van der Waals surface area contributed by atoms with E-state index in [1.807, 2.05) is 6.92 Å². The predicted octanol–water partition coefficient (Wildman–Crippen LogP) is 9.62. The lowest BCUT2D eigenvalue weighted by Gasteiger charge is -2.30. The summed E-state index contributed by atoms with van der Waals surface area (Å²) in [5, 5.41) is 0. The highest BCUT2D eigenvalue weighted by Gasteiger charge is 2.28. The maximum absolute atomic E-state index is 14.9. The second-order valence-electron chi connectivity index (χ2n) is 11.0. The third kappa shape index (κ3) is 6.08. The number of ether oxygens (including phenoxy) is 1. The molecule has 198 valence electrons. The van der Waals surface area contributed by atoms with Gasteiger partial charge in [-0.3, -0.25) is 0 Å². The van der Waals surface area contributed by atoms with E-state index >= 15 is 0 Å². The van der Waals surface area contributed by atoms with Gasteiger partial charge in [-0.2, -0.15) is 4.39 Å². The Kier molecular flexibility index (Phi) is 9.35. The molecule has 0 saturated heterocycles. The minimum atomic E-state index is -0.889. The summed E-state index contributed by atoms with van der Waals surface area (Å²) in [5.74, 6) is -2.15. The highest BCUT2D eigenvalue weighted by molar-refractivity contribution is 5.33. The van der Waals surface area contributed by atoms with Crippen LogP contribution < -0.4 is 4.74 Å². The number of rotatable bonds is 9. The van der Waals surface area contributed by atoms with E-state index in [4.69, 9.17) is 4.74 Å². The van der Waals surface area contributed by atoms with Gasteiger partial charge >= 0.3 is 0 Å². The maximum Gasteiger partial charge on any atom is 0.200 e. The van der Waals surface area contributed by atoms with Gasteiger partial charge in [-0.15, -0.1) is 0 Å². The second-order valence-corrected chi connectivity index (χ2v) is 11.0. The summed E-state index contributed by atoms with van der Waals surface area (Å²) in [6, 6.07) is 6.75. The van der Waals surface area contributed by atoms with Crippen molar-refractivity contribution in [3.05, 3.63) is 64.2 Å². The Morgan fingerprint density at radius 3 is 1.81 bits per heavy atom. The molecule has 36 heavy (non-hydrogen) atoms. The minimum Gasteiger partial charge on any atom is -0.490 e. The quantitative estimate of drug-likeness (QED) is 0.309. The molecular formula is C31H40F4O. The van der Waals surface area contributed by atoms with E-state index in [1.165, 1.54) is 0 Å². The summed E-state index contributed by atoms with van der Waals surface area (Å²) in [7, 11) is 0. The van der Waals surface area contributed by atoms with Gasteiger partial charge in [0.2, 0.25) is 5.82 Å². The van der Waals surface area contributed by atoms with Crippen molar-refractivity contribution in [2.45, 2.75) is 103 Å². The molecule has 0 radical (unpaired) electrons. The molecule has 1 nitrogen and oxygen atoms in total. The van der Waals surface area contributed by atoms with Crippen LogP contribution in [0.5, 0.6) is 5.75 Å². The normalized spacial score (nSPS) is 24.6. The fourth-order valence-electron chi connectivity index (χ4n) is 6.18. The molecular weight excluding hydrogens is 464 g/mol. The van der Waals surface area contributed by atoms with Crippen molar-refractivity contribution in [2.24, 2.45) is 11.8 Å². The second kappa shape index (κ2) is 12.5. The van der Waals surface area contributed by atoms with E-state index in [0.29, 0.717) is 35.6 Å². The van der Waals surface area contributed by atoms with Crippen molar-refractivity contribution in [3.63, 3.8) is 0 Å². The van der Waals surface area contributed by atoms with Gasteiger partial charge in [-0.05, 0) is 111 Å². The third-order valence-corrected chi connectivity index (χ3v) is 8.69. The molecule has 5 heteroatoms. The summed E-state index contributed by atoms with van der Waals surface area (Å²) in [4.78, 5) is 0. The summed E-state index contributed by atoms with van der Waals surface area (Å²) in [5.41, 5.74) is 1.39. The molecule has 2 fully saturated rings. The first-order chi connectivity index (χ1) is 17.4. The number of aryl methyl sites for hydroxylation is 1. The molecule has 2 saturated carbocycles. The number of benzene rings is 2. The number of hydrogen-bond donors (Lipinski definition) is 0. The lowest BCUT2D eigenvalue weighted by Crippen LogP contribution is -2.20. The van der Waals surface area contributed by atoms with Crippen LogP contribution in [0.4, 0.5) is 17.6 Å². The zero-order valence-electron chi connectivity index (χ0n) is 21.7. The molecule has 2 aliphatic rings. The van der Waals surface area contributed by atoms with E-state index in [-0.39, 0.29) is 23.5 Å². The van der Waals surface area contributed by atoms with E-state index in [2.05, 4.69) is 6.92 Å². The van der Waals surface area contributed by atoms with Gasteiger partial charge in [0, 0.05) is 0 Å². The fourth-order valence-corrected chi connectivity index (χ4v) is 6.18. The van der Waals surface area contributed by atoms with Gasteiger partial charge in [0.05, 0.1) is 6.61 Å². The first-order valence-corrected chi connectivity index (χ1v) is 14.0. The molecule has 0 N–H and O–H groups in total. The molecule has 0 spiro atoms. The molecule has 0 aromatic heterocycles. The fraction of sp³-hybridized carbons (Fsp3) is 0.613. The number of hydrogen-bond acceptors (Lipinski definition) is 1. The average Bonchev–Trinajstić information content (AvgIpc) is 2.91. The molecule has 2 aliphatic carbocycles. The Hall–Kier alpha value is -2.04. The summed E-state index contributed by atoms with van der Waals surface area (Å²) >= 11 is 0. The van der Waals surface area contributed by atoms with Crippen molar-refractivity contribution in [2.75, 3.05) is 6.61 Å². The third-order valence-electron chi connectivity index (χ3n) is 8.69. The van der Waals surface area contributed by atoms with Gasteiger partial charge in [0.15, 0.2) is 23.2 Å². The van der Waals surface area contributed by atoms with Gasteiger partial charge in [-0.25, -0.2) is 13.2 Å². The topological polar surface area (TPSA) is 9.23 Å². The van der Waals surface area contributed by atoms with Crippen molar-refractivity contribution < 1.29 is 22.3 Å². The van der Waals surface area contributed by atoms with Gasteiger partial charge in [0.25, 0.3) is 0 Å². The molecule has 2 aromatic rings. The molecule has 0 unspecified atom stereocenters. The van der Waals surface area contributed by atoms with Crippen LogP contribution in [0.2, 0.25) is 0 Å². The Bertz CT molecular complexity index is 1000. The van der Waals surface area contributed by atoms with Crippen LogP contribution in [-0.4, -0.2) is 6.61 Å². The predicted molar refractivity (Wildman–Crippen MR) is 137 cm³/mol. The standard InChI is InChI=1S/C31H40F4O/c1-3-5-6-24-15-16-25(29(33)28(24)32)23-13-9-21(10-14-23)19-36-27-18-17-26(30(34)31(27)35)22-11-7-20(4-2)8-12-22/h15-18,20-23H,3-14,19H2,1-2H3. The van der Waals surface area contributed by atoms with Crippen LogP contribution in [-0.2, 0) is 6.42 Å². The molecule has 0 aliphatic heterocycles. The highest BCUT2D eigenvalue weighted by Crippen LogP contribution is 2.41. The van der Waals surface area contributed by atoms with Crippen molar-refractivity contribution in [3.8, 4) is 5.75 Å². The van der Waals surface area contributed by atoms with Gasteiger partial charge < -0.3 is 4.74 Å². The van der Waals surface area contributed by atoms with Crippen molar-refractivity contribution in [1.82, 2.24) is 0 Å². The summed E-state index contributed by atoms with van der Waals surface area (Å²) in [6.07, 6.45) is 10.5. The van der Waals surface area contributed by atoms with E-state index in [0.717, 1.165) is 70.6 Å². The lowest BCUT2D eigenvalue weighted by atomic mass is 9.77. The van der Waals surface area contributed by atoms with Crippen molar-refractivity contribution in [1.29, 1.82) is 0 Å². The highest BCUT2D eigenvalue weighted by atomic mass is 19.2. The van der Waals surface area contributed by atoms with Gasteiger partial charge in [-0.1, -0.05) is 44.9 Å². The first-order valence-electron chi connectivity index (χ1n) is 14.0. The Balaban J connectivity index is 1.30. The summed E-state index contributed by atoms with van der Waals surface area (Å²) in [6.45, 7) is 4.52. The average molecular weight is 505 g/mol. The zero-order valence-corrected chi connectivity index (χ0v) is 21.7. The van der Waals surface area contributed by atoms with E-state index < -0.39 is 23.3 Å². The Labute approximate surface area is 213 Å². The van der Waals surface area contributed by atoms with E-state index in [9.17, 15) is 17.6 Å². The molecule has 0 amide bonds. The lowest BCUT2D eigenvalue weighted by molar-refractivity contribution is 0.191. The Morgan fingerprint density at radius 2 is 1.22 bits per heavy atom. The molecule has 0 bridgehead atoms. The SMILES string of the molecule is CCCCc1ccc(C2CCC(COc3ccc(C4CCC(CC)CC4)c(F)c3F)CC2)c(F)c1F. The molecule has 4 rings (SSSR count). The minimum absolute atomic E-state index is 0.0211. The zero-order chi connectivity index (χ0) is 25.7. The van der Waals surface area contributed by atoms with Crippen LogP contribution in [0.25, 0.3) is 0 Å².